The predicted octanol–water partition coefficient (Wildman–Crippen LogP) is 3.33. The molecule has 0 spiro atoms. The molecule has 5 nitrogen and oxygen atoms in total. The summed E-state index contributed by atoms with van der Waals surface area (Å²) < 4.78 is 34.3. The zero-order valence-corrected chi connectivity index (χ0v) is 14.9. The maximum absolute atomic E-state index is 12.6. The van der Waals surface area contributed by atoms with E-state index in [-0.39, 0.29) is 23.4 Å². The van der Waals surface area contributed by atoms with Gasteiger partial charge in [-0.15, -0.1) is 0 Å². The minimum atomic E-state index is -2.97. The van der Waals surface area contributed by atoms with Gasteiger partial charge in [0.25, 0.3) is 5.91 Å². The minimum absolute atomic E-state index is 0.0711. The number of likely N-dealkylation sites (N-methyl/N-ethyl adjacent to an activating group) is 1. The summed E-state index contributed by atoms with van der Waals surface area (Å²) in [4.78, 5) is 14.6. The largest absolute Gasteiger partial charge is 0.493 e. The summed E-state index contributed by atoms with van der Waals surface area (Å²) in [7, 11) is 5.16. The number of nitrogens with one attached hydrogen (secondary N) is 1. The Morgan fingerprint density at radius 2 is 1.81 bits per heavy atom. The number of rotatable bonds is 8. The van der Waals surface area contributed by atoms with Crippen molar-refractivity contribution in [3.63, 3.8) is 0 Å². The number of carbonyl (C=O) groups excluding carboxylic acids is 1. The summed E-state index contributed by atoms with van der Waals surface area (Å²) in [5, 5.41) is 2.97. The van der Waals surface area contributed by atoms with Crippen LogP contribution in [0.2, 0.25) is 0 Å². The molecule has 0 radical (unpaired) electrons. The Labute approximate surface area is 151 Å². The fourth-order valence-corrected chi connectivity index (χ4v) is 2.53. The number of hydrogen-bond donors (Lipinski definition) is 1. The number of hydrogen-bond acceptors (Lipinski definition) is 4. The number of carbonyl (C=O) groups is 1. The molecule has 2 aromatic carbocycles. The molecule has 0 bridgehead atoms. The first-order valence-electron chi connectivity index (χ1n) is 8.04. The molecule has 140 valence electrons. The molecule has 1 atom stereocenters. The van der Waals surface area contributed by atoms with Crippen LogP contribution in [0, 0.1) is 0 Å². The van der Waals surface area contributed by atoms with Gasteiger partial charge in [0.05, 0.1) is 13.2 Å². The molecule has 0 saturated heterocycles. The average molecular weight is 364 g/mol. The zero-order valence-electron chi connectivity index (χ0n) is 14.9. The van der Waals surface area contributed by atoms with Crippen molar-refractivity contribution >= 4 is 5.91 Å². The van der Waals surface area contributed by atoms with Crippen molar-refractivity contribution < 1.29 is 23.0 Å². The maximum Gasteiger partial charge on any atom is 0.387 e. The quantitative estimate of drug-likeness (QED) is 0.781. The molecule has 2 rings (SSSR count). The number of nitrogens with zero attached hydrogens (tertiary/aromatic N) is 1. The molecule has 26 heavy (non-hydrogen) atoms. The van der Waals surface area contributed by atoms with Gasteiger partial charge in [-0.2, -0.15) is 8.78 Å². The molecule has 7 heteroatoms. The summed E-state index contributed by atoms with van der Waals surface area (Å²) in [5.41, 5.74) is 1.27. The smallest absolute Gasteiger partial charge is 0.387 e. The second kappa shape index (κ2) is 9.15. The monoisotopic (exact) mass is 364 g/mol. The van der Waals surface area contributed by atoms with E-state index in [9.17, 15) is 13.6 Å². The van der Waals surface area contributed by atoms with Crippen LogP contribution < -0.4 is 14.8 Å². The first-order valence-corrected chi connectivity index (χ1v) is 8.04. The molecule has 0 aliphatic carbocycles. The average Bonchev–Trinajstić information content (AvgIpc) is 2.61. The van der Waals surface area contributed by atoms with Gasteiger partial charge in [-0.05, 0) is 37.9 Å². The summed E-state index contributed by atoms with van der Waals surface area (Å²) >= 11 is 0. The van der Waals surface area contributed by atoms with E-state index < -0.39 is 6.61 Å². The molecule has 0 aliphatic rings. The number of benzene rings is 2. The Morgan fingerprint density at radius 1 is 1.12 bits per heavy atom. The number of ether oxygens (including phenoxy) is 2. The van der Waals surface area contributed by atoms with E-state index in [0.717, 1.165) is 5.56 Å². The Kier molecular flexibility index (Phi) is 6.91. The molecule has 0 fully saturated rings. The third-order valence-corrected chi connectivity index (χ3v) is 3.70. The highest BCUT2D eigenvalue weighted by atomic mass is 19.3. The van der Waals surface area contributed by atoms with Crippen molar-refractivity contribution in [2.75, 3.05) is 27.7 Å². The lowest BCUT2D eigenvalue weighted by Gasteiger charge is -2.23. The highest BCUT2D eigenvalue weighted by Crippen LogP contribution is 2.29. The SMILES string of the molecule is COc1cc(C(=O)N[C@H](CN(C)C)c2ccccc2)ccc1OC(F)F. The van der Waals surface area contributed by atoms with Crippen LogP contribution in [0.15, 0.2) is 48.5 Å². The molecule has 1 amide bonds. The van der Waals surface area contributed by atoms with Crippen LogP contribution in [-0.2, 0) is 0 Å². The second-order valence-corrected chi connectivity index (χ2v) is 5.94. The lowest BCUT2D eigenvalue weighted by atomic mass is 10.1. The zero-order chi connectivity index (χ0) is 19.1. The molecule has 0 heterocycles. The van der Waals surface area contributed by atoms with E-state index >= 15 is 0 Å². The van der Waals surface area contributed by atoms with Crippen molar-refractivity contribution in [1.82, 2.24) is 10.2 Å². The Hall–Kier alpha value is -2.67. The number of methoxy groups -OCH3 is 1. The van der Waals surface area contributed by atoms with Gasteiger partial charge in [0.2, 0.25) is 0 Å². The molecule has 0 aromatic heterocycles. The number of alkyl halides is 2. The van der Waals surface area contributed by atoms with Gasteiger partial charge in [-0.3, -0.25) is 4.79 Å². The van der Waals surface area contributed by atoms with Crippen molar-refractivity contribution in [3.8, 4) is 11.5 Å². The molecule has 0 saturated carbocycles. The van der Waals surface area contributed by atoms with Crippen molar-refractivity contribution in [2.45, 2.75) is 12.7 Å². The molecular formula is C19H22F2N2O3. The highest BCUT2D eigenvalue weighted by molar-refractivity contribution is 5.95. The van der Waals surface area contributed by atoms with Crippen LogP contribution in [0.5, 0.6) is 11.5 Å². The van der Waals surface area contributed by atoms with E-state index in [1.807, 2.05) is 49.3 Å². The van der Waals surface area contributed by atoms with E-state index in [1.54, 1.807) is 0 Å². The Bertz CT molecular complexity index is 724. The van der Waals surface area contributed by atoms with Gasteiger partial charge in [0.15, 0.2) is 11.5 Å². The highest BCUT2D eigenvalue weighted by Gasteiger charge is 2.19. The normalized spacial score (nSPS) is 12.1. The first kappa shape index (κ1) is 19.7. The Morgan fingerprint density at radius 3 is 2.38 bits per heavy atom. The van der Waals surface area contributed by atoms with Crippen LogP contribution in [0.1, 0.15) is 22.0 Å². The predicted molar refractivity (Wildman–Crippen MR) is 94.8 cm³/mol. The summed E-state index contributed by atoms with van der Waals surface area (Å²) in [6.45, 7) is -2.36. The van der Waals surface area contributed by atoms with Gasteiger partial charge in [-0.25, -0.2) is 0 Å². The fourth-order valence-electron chi connectivity index (χ4n) is 2.53. The molecular weight excluding hydrogens is 342 g/mol. The van der Waals surface area contributed by atoms with E-state index in [4.69, 9.17) is 4.74 Å². The number of halogens is 2. The third kappa shape index (κ3) is 5.42. The van der Waals surface area contributed by atoms with Crippen molar-refractivity contribution in [3.05, 3.63) is 59.7 Å². The van der Waals surface area contributed by atoms with Crippen LogP contribution in [-0.4, -0.2) is 45.2 Å². The van der Waals surface area contributed by atoms with Crippen molar-refractivity contribution in [1.29, 1.82) is 0 Å². The molecule has 1 N–H and O–H groups in total. The van der Waals surface area contributed by atoms with Gasteiger partial charge in [0.1, 0.15) is 0 Å². The van der Waals surface area contributed by atoms with Gasteiger partial charge >= 0.3 is 6.61 Å². The second-order valence-electron chi connectivity index (χ2n) is 5.94. The molecule has 2 aromatic rings. The summed E-state index contributed by atoms with van der Waals surface area (Å²) in [6, 6.07) is 13.5. The lowest BCUT2D eigenvalue weighted by Crippen LogP contribution is -2.35. The van der Waals surface area contributed by atoms with E-state index in [0.29, 0.717) is 12.1 Å². The fraction of sp³-hybridized carbons (Fsp3) is 0.316. The van der Waals surface area contributed by atoms with Crippen LogP contribution >= 0.6 is 0 Å². The van der Waals surface area contributed by atoms with Crippen molar-refractivity contribution in [2.24, 2.45) is 0 Å². The summed E-state index contributed by atoms with van der Waals surface area (Å²) in [5.74, 6) is -0.378. The first-order chi connectivity index (χ1) is 12.4. The van der Waals surface area contributed by atoms with Gasteiger partial charge in [0, 0.05) is 12.1 Å². The molecule has 0 aliphatic heterocycles. The van der Waals surface area contributed by atoms with Gasteiger partial charge in [-0.1, -0.05) is 30.3 Å². The van der Waals surface area contributed by atoms with Crippen LogP contribution in [0.25, 0.3) is 0 Å². The lowest BCUT2D eigenvalue weighted by molar-refractivity contribution is -0.0512. The minimum Gasteiger partial charge on any atom is -0.493 e. The van der Waals surface area contributed by atoms with Crippen LogP contribution in [0.4, 0.5) is 8.78 Å². The van der Waals surface area contributed by atoms with Crippen LogP contribution in [0.3, 0.4) is 0 Å². The third-order valence-electron chi connectivity index (χ3n) is 3.70. The number of amides is 1. The maximum atomic E-state index is 12.6. The van der Waals surface area contributed by atoms with Gasteiger partial charge < -0.3 is 19.7 Å². The molecule has 0 unspecified atom stereocenters. The summed E-state index contributed by atoms with van der Waals surface area (Å²) in [6.07, 6.45) is 0. The van der Waals surface area contributed by atoms with E-state index in [2.05, 4.69) is 10.1 Å². The standard InChI is InChI=1S/C19H22F2N2O3/c1-23(2)12-15(13-7-5-4-6-8-13)22-18(24)14-9-10-16(26-19(20)21)17(11-14)25-3/h4-11,15,19H,12H2,1-3H3,(H,22,24)/t15-/m1/s1. The Balaban J connectivity index is 2.21. The van der Waals surface area contributed by atoms with E-state index in [1.165, 1.54) is 25.3 Å². The topological polar surface area (TPSA) is 50.8 Å².